The number of nitrogens with two attached hydrogens (primary N) is 1. The van der Waals surface area contributed by atoms with E-state index in [9.17, 15) is 4.79 Å². The second kappa shape index (κ2) is 5.50. The molecule has 0 amide bonds. The molecule has 1 heterocycles. The van der Waals surface area contributed by atoms with E-state index in [4.69, 9.17) is 15.2 Å². The third-order valence-corrected chi connectivity index (χ3v) is 2.15. The maximum Gasteiger partial charge on any atom is 0.359 e. The third kappa shape index (κ3) is 2.33. The van der Waals surface area contributed by atoms with Gasteiger partial charge in [-0.3, -0.25) is 0 Å². The lowest BCUT2D eigenvalue weighted by molar-refractivity contribution is 0.0514. The second-order valence-corrected chi connectivity index (χ2v) is 3.18. The fourth-order valence-electron chi connectivity index (χ4n) is 1.40. The zero-order chi connectivity index (χ0) is 12.1. The molecule has 6 heteroatoms. The number of methoxy groups -OCH3 is 1. The number of ether oxygens (including phenoxy) is 2. The van der Waals surface area contributed by atoms with Crippen LogP contribution in [0.3, 0.4) is 0 Å². The van der Waals surface area contributed by atoms with Crippen LogP contribution in [0.1, 0.15) is 29.9 Å². The number of carbonyl (C=O) groups is 1. The minimum absolute atomic E-state index is 0.239. The van der Waals surface area contributed by atoms with Crippen molar-refractivity contribution in [1.29, 1.82) is 0 Å². The number of carbonyl (C=O) groups excluding carboxylic acids is 1. The summed E-state index contributed by atoms with van der Waals surface area (Å²) in [5.74, 6) is -0.0131. The Morgan fingerprint density at radius 3 is 2.69 bits per heavy atom. The Morgan fingerprint density at radius 2 is 2.19 bits per heavy atom. The highest BCUT2D eigenvalue weighted by Gasteiger charge is 2.21. The van der Waals surface area contributed by atoms with Gasteiger partial charge in [-0.15, -0.1) is 0 Å². The van der Waals surface area contributed by atoms with Crippen molar-refractivity contribution >= 4 is 11.8 Å². The lowest BCUT2D eigenvalue weighted by Crippen LogP contribution is -2.09. The monoisotopic (exact) mass is 227 g/mol. The number of aromatic nitrogens is 2. The molecule has 0 aromatic carbocycles. The Bertz CT molecular complexity index is 374. The van der Waals surface area contributed by atoms with Gasteiger partial charge in [0.05, 0.1) is 18.8 Å². The Hall–Kier alpha value is -1.56. The first-order valence-electron chi connectivity index (χ1n) is 5.16. The van der Waals surface area contributed by atoms with Crippen molar-refractivity contribution in [3.05, 3.63) is 11.3 Å². The van der Waals surface area contributed by atoms with Gasteiger partial charge in [0.2, 0.25) is 0 Å². The van der Waals surface area contributed by atoms with E-state index in [0.29, 0.717) is 24.5 Å². The molecule has 0 bridgehead atoms. The zero-order valence-electron chi connectivity index (χ0n) is 9.82. The standard InChI is InChI=1S/C10H17N3O3/c1-4-13-9(11)7(6-15-3)8(12-13)10(14)16-5-2/h4-6,11H2,1-3H3. The normalized spacial score (nSPS) is 10.4. The summed E-state index contributed by atoms with van der Waals surface area (Å²) in [4.78, 5) is 11.6. The van der Waals surface area contributed by atoms with Crippen LogP contribution >= 0.6 is 0 Å². The Labute approximate surface area is 94.3 Å². The number of nitrogens with zero attached hydrogens (tertiary/aromatic N) is 2. The third-order valence-electron chi connectivity index (χ3n) is 2.15. The van der Waals surface area contributed by atoms with Crippen molar-refractivity contribution in [2.75, 3.05) is 19.5 Å². The number of esters is 1. The van der Waals surface area contributed by atoms with Crippen LogP contribution in [0.4, 0.5) is 5.82 Å². The molecule has 0 unspecified atom stereocenters. The lowest BCUT2D eigenvalue weighted by Gasteiger charge is -2.02. The Balaban J connectivity index is 3.10. The summed E-state index contributed by atoms with van der Waals surface area (Å²) in [6.45, 7) is 4.80. The summed E-state index contributed by atoms with van der Waals surface area (Å²) < 4.78 is 11.5. The summed E-state index contributed by atoms with van der Waals surface area (Å²) in [6.07, 6.45) is 0. The largest absolute Gasteiger partial charge is 0.461 e. The first-order chi connectivity index (χ1) is 7.65. The van der Waals surface area contributed by atoms with E-state index in [0.717, 1.165) is 0 Å². The molecule has 0 spiro atoms. The van der Waals surface area contributed by atoms with Crippen LogP contribution in [-0.4, -0.2) is 29.5 Å². The molecule has 0 atom stereocenters. The summed E-state index contributed by atoms with van der Waals surface area (Å²) in [7, 11) is 1.54. The molecule has 2 N–H and O–H groups in total. The van der Waals surface area contributed by atoms with E-state index in [2.05, 4.69) is 5.10 Å². The second-order valence-electron chi connectivity index (χ2n) is 3.18. The van der Waals surface area contributed by atoms with Gasteiger partial charge in [-0.2, -0.15) is 5.10 Å². The van der Waals surface area contributed by atoms with Gasteiger partial charge in [0.25, 0.3) is 0 Å². The molecule has 16 heavy (non-hydrogen) atoms. The molecule has 1 aromatic heterocycles. The van der Waals surface area contributed by atoms with Crippen molar-refractivity contribution in [3.8, 4) is 0 Å². The molecule has 0 saturated carbocycles. The minimum Gasteiger partial charge on any atom is -0.461 e. The summed E-state index contributed by atoms with van der Waals surface area (Å²) in [5.41, 5.74) is 6.67. The molecule has 1 aromatic rings. The number of rotatable bonds is 5. The molecule has 0 aliphatic carbocycles. The van der Waals surface area contributed by atoms with E-state index in [1.807, 2.05) is 6.92 Å². The first kappa shape index (κ1) is 12.5. The van der Waals surface area contributed by atoms with Crippen molar-refractivity contribution in [3.63, 3.8) is 0 Å². The minimum atomic E-state index is -0.464. The maximum absolute atomic E-state index is 11.6. The SMILES string of the molecule is CCOC(=O)c1nn(CC)c(N)c1COC. The molecule has 0 aliphatic rings. The zero-order valence-corrected chi connectivity index (χ0v) is 9.82. The van der Waals surface area contributed by atoms with Gasteiger partial charge in [0.15, 0.2) is 5.69 Å². The summed E-state index contributed by atoms with van der Waals surface area (Å²) in [6, 6.07) is 0. The van der Waals surface area contributed by atoms with Crippen LogP contribution in [0, 0.1) is 0 Å². The fourth-order valence-corrected chi connectivity index (χ4v) is 1.40. The number of anilines is 1. The highest BCUT2D eigenvalue weighted by molar-refractivity contribution is 5.90. The van der Waals surface area contributed by atoms with Gasteiger partial charge in [0, 0.05) is 13.7 Å². The molecular formula is C10H17N3O3. The van der Waals surface area contributed by atoms with E-state index in [1.54, 1.807) is 11.6 Å². The summed E-state index contributed by atoms with van der Waals surface area (Å²) >= 11 is 0. The topological polar surface area (TPSA) is 79.4 Å². The Kier molecular flexibility index (Phi) is 4.30. The van der Waals surface area contributed by atoms with Gasteiger partial charge < -0.3 is 15.2 Å². The van der Waals surface area contributed by atoms with E-state index in [1.165, 1.54) is 7.11 Å². The van der Waals surface area contributed by atoms with E-state index < -0.39 is 5.97 Å². The van der Waals surface area contributed by atoms with E-state index in [-0.39, 0.29) is 12.3 Å². The molecule has 0 saturated heterocycles. The summed E-state index contributed by atoms with van der Waals surface area (Å²) in [5, 5.41) is 4.10. The highest BCUT2D eigenvalue weighted by atomic mass is 16.5. The molecule has 90 valence electrons. The molecule has 0 aliphatic heterocycles. The van der Waals surface area contributed by atoms with Crippen molar-refractivity contribution in [1.82, 2.24) is 9.78 Å². The van der Waals surface area contributed by atoms with Gasteiger partial charge in [0.1, 0.15) is 5.82 Å². The quantitative estimate of drug-likeness (QED) is 0.753. The maximum atomic E-state index is 11.6. The number of hydrogen-bond donors (Lipinski definition) is 1. The highest BCUT2D eigenvalue weighted by Crippen LogP contribution is 2.18. The van der Waals surface area contributed by atoms with Crippen molar-refractivity contribution < 1.29 is 14.3 Å². The number of aryl methyl sites for hydroxylation is 1. The van der Waals surface area contributed by atoms with Crippen LogP contribution < -0.4 is 5.73 Å². The number of hydrogen-bond acceptors (Lipinski definition) is 5. The van der Waals surface area contributed by atoms with E-state index >= 15 is 0 Å². The predicted molar refractivity (Wildman–Crippen MR) is 59.0 cm³/mol. The van der Waals surface area contributed by atoms with Gasteiger partial charge >= 0.3 is 5.97 Å². The molecular weight excluding hydrogens is 210 g/mol. The van der Waals surface area contributed by atoms with Crippen LogP contribution in [0.5, 0.6) is 0 Å². The molecule has 6 nitrogen and oxygen atoms in total. The van der Waals surface area contributed by atoms with Crippen molar-refractivity contribution in [2.45, 2.75) is 27.0 Å². The number of nitrogen functional groups attached to an aromatic ring is 1. The van der Waals surface area contributed by atoms with Crippen LogP contribution in [-0.2, 0) is 22.6 Å². The first-order valence-corrected chi connectivity index (χ1v) is 5.16. The van der Waals surface area contributed by atoms with Crippen LogP contribution in [0.25, 0.3) is 0 Å². The lowest BCUT2D eigenvalue weighted by atomic mass is 10.2. The van der Waals surface area contributed by atoms with Gasteiger partial charge in [-0.05, 0) is 13.8 Å². The average Bonchev–Trinajstić information content (AvgIpc) is 2.57. The van der Waals surface area contributed by atoms with Gasteiger partial charge in [-0.1, -0.05) is 0 Å². The molecule has 1 rings (SSSR count). The predicted octanol–water partition coefficient (Wildman–Crippen LogP) is 0.808. The van der Waals surface area contributed by atoms with Crippen LogP contribution in [0.15, 0.2) is 0 Å². The smallest absolute Gasteiger partial charge is 0.359 e. The Morgan fingerprint density at radius 1 is 1.50 bits per heavy atom. The van der Waals surface area contributed by atoms with Gasteiger partial charge in [-0.25, -0.2) is 9.48 Å². The average molecular weight is 227 g/mol. The van der Waals surface area contributed by atoms with Crippen LogP contribution in [0.2, 0.25) is 0 Å². The molecule has 0 fully saturated rings. The molecule has 0 radical (unpaired) electrons. The fraction of sp³-hybridized carbons (Fsp3) is 0.600. The van der Waals surface area contributed by atoms with Crippen molar-refractivity contribution in [2.24, 2.45) is 0 Å².